The number of carbonyl (C=O) groups is 1. The van der Waals surface area contributed by atoms with Crippen LogP contribution in [-0.2, 0) is 18.7 Å². The minimum Gasteiger partial charge on any atom is -0.472 e. The summed E-state index contributed by atoms with van der Waals surface area (Å²) in [4.78, 5) is 22.8. The Hall–Kier alpha value is -2.71. The van der Waals surface area contributed by atoms with Crippen molar-refractivity contribution < 1.29 is 23.6 Å². The lowest BCUT2D eigenvalue weighted by molar-refractivity contribution is -0.384. The quantitative estimate of drug-likeness (QED) is 0.239. The van der Waals surface area contributed by atoms with Gasteiger partial charge in [0.15, 0.2) is 14.6 Å². The molecule has 3 atom stereocenters. The molecule has 0 spiro atoms. The molecule has 8 heteroatoms. The number of esters is 1. The molecule has 1 heterocycles. The highest BCUT2D eigenvalue weighted by Crippen LogP contribution is 2.47. The lowest BCUT2D eigenvalue weighted by atomic mass is 9.83. The van der Waals surface area contributed by atoms with Gasteiger partial charge in [-0.15, -0.1) is 0 Å². The van der Waals surface area contributed by atoms with Gasteiger partial charge in [0.05, 0.1) is 29.8 Å². The van der Waals surface area contributed by atoms with Gasteiger partial charge in [0.25, 0.3) is 5.69 Å². The van der Waals surface area contributed by atoms with Crippen LogP contribution in [0.15, 0.2) is 53.8 Å². The monoisotopic (exact) mass is 457 g/mol. The van der Waals surface area contributed by atoms with Crippen molar-refractivity contribution in [1.29, 1.82) is 0 Å². The van der Waals surface area contributed by atoms with E-state index in [1.54, 1.807) is 12.1 Å². The van der Waals surface area contributed by atoms with Gasteiger partial charge in [-0.05, 0) is 47.8 Å². The zero-order chi connectivity index (χ0) is 23.7. The van der Waals surface area contributed by atoms with Crippen molar-refractivity contribution >= 4 is 26.1 Å². The maximum absolute atomic E-state index is 12.3. The standard InChI is InChI=1S/C24H31NO6Si/c1-24(2,3)32(5,6)31-23-21-17(10-7-16-8-12-18(13-9-16)25(27)28)11-14-19(21)20(15-30-23)22(26)29-4/h7-13,15,19,21,23H,14H2,1-6H3/b10-7-. The molecule has 7 nitrogen and oxygen atoms in total. The van der Waals surface area contributed by atoms with E-state index in [0.29, 0.717) is 12.0 Å². The average Bonchev–Trinajstić information content (AvgIpc) is 3.15. The second kappa shape index (κ2) is 9.03. The van der Waals surface area contributed by atoms with Crippen molar-refractivity contribution in [2.45, 2.75) is 51.6 Å². The zero-order valence-electron chi connectivity index (χ0n) is 19.5. The van der Waals surface area contributed by atoms with Gasteiger partial charge in [0, 0.05) is 18.1 Å². The molecular weight excluding hydrogens is 426 g/mol. The number of nitro benzene ring substituents is 1. The SMILES string of the molecule is COC(=O)C1=COC(O[Si](C)(C)C(C)(C)C)C2C(/C=C\c3ccc([N+](=O)[O-])cc3)=CCC12. The Balaban J connectivity index is 1.88. The van der Waals surface area contributed by atoms with E-state index in [4.69, 9.17) is 13.9 Å². The third-order valence-electron chi connectivity index (χ3n) is 6.66. The normalized spacial score (nSPS) is 23.2. The van der Waals surface area contributed by atoms with Crippen molar-refractivity contribution in [1.82, 2.24) is 0 Å². The van der Waals surface area contributed by atoms with Crippen LogP contribution >= 0.6 is 0 Å². The first-order valence-corrected chi connectivity index (χ1v) is 13.6. The summed E-state index contributed by atoms with van der Waals surface area (Å²) >= 11 is 0. The van der Waals surface area contributed by atoms with E-state index in [9.17, 15) is 14.9 Å². The average molecular weight is 458 g/mol. The molecule has 3 rings (SSSR count). The topological polar surface area (TPSA) is 87.9 Å². The molecule has 2 aliphatic rings. The molecule has 3 unspecified atom stereocenters. The molecule has 0 aromatic heterocycles. The minimum atomic E-state index is -2.13. The molecule has 0 radical (unpaired) electrons. The first-order valence-electron chi connectivity index (χ1n) is 10.7. The molecule has 32 heavy (non-hydrogen) atoms. The molecule has 0 fully saturated rings. The van der Waals surface area contributed by atoms with Gasteiger partial charge in [0.1, 0.15) is 0 Å². The summed E-state index contributed by atoms with van der Waals surface area (Å²) in [5.74, 6) is -0.611. The van der Waals surface area contributed by atoms with E-state index in [1.165, 1.54) is 25.5 Å². The second-order valence-electron chi connectivity index (χ2n) is 9.70. The fourth-order valence-electron chi connectivity index (χ4n) is 3.72. The Morgan fingerprint density at radius 3 is 2.44 bits per heavy atom. The van der Waals surface area contributed by atoms with E-state index in [2.05, 4.69) is 39.9 Å². The van der Waals surface area contributed by atoms with E-state index in [1.807, 2.05) is 12.2 Å². The Morgan fingerprint density at radius 1 is 1.22 bits per heavy atom. The number of carbonyl (C=O) groups excluding carboxylic acids is 1. The highest BCUT2D eigenvalue weighted by Gasteiger charge is 2.48. The molecule has 172 valence electrons. The van der Waals surface area contributed by atoms with Gasteiger partial charge in [-0.3, -0.25) is 10.1 Å². The molecule has 1 aromatic carbocycles. The van der Waals surface area contributed by atoms with Crippen LogP contribution in [0.5, 0.6) is 0 Å². The summed E-state index contributed by atoms with van der Waals surface area (Å²) in [5, 5.41) is 10.9. The summed E-state index contributed by atoms with van der Waals surface area (Å²) in [5.41, 5.74) is 2.44. The van der Waals surface area contributed by atoms with Gasteiger partial charge < -0.3 is 13.9 Å². The highest BCUT2D eigenvalue weighted by atomic mass is 28.4. The van der Waals surface area contributed by atoms with Crippen molar-refractivity contribution in [3.63, 3.8) is 0 Å². The maximum atomic E-state index is 12.3. The molecular formula is C24H31NO6Si. The van der Waals surface area contributed by atoms with E-state index < -0.39 is 19.5 Å². The molecule has 1 aromatic rings. The molecule has 0 bridgehead atoms. The molecule has 0 N–H and O–H groups in total. The van der Waals surface area contributed by atoms with Crippen LogP contribution in [-0.4, -0.2) is 32.6 Å². The van der Waals surface area contributed by atoms with Crippen LogP contribution < -0.4 is 0 Å². The number of methoxy groups -OCH3 is 1. The molecule has 1 aliphatic heterocycles. The fourth-order valence-corrected chi connectivity index (χ4v) is 4.86. The number of ether oxygens (including phenoxy) is 2. The van der Waals surface area contributed by atoms with Crippen LogP contribution in [0.1, 0.15) is 32.8 Å². The van der Waals surface area contributed by atoms with Gasteiger partial charge in [-0.25, -0.2) is 4.79 Å². The smallest absolute Gasteiger partial charge is 0.337 e. The maximum Gasteiger partial charge on any atom is 0.337 e. The molecule has 1 aliphatic carbocycles. The predicted octanol–water partition coefficient (Wildman–Crippen LogP) is 5.61. The summed E-state index contributed by atoms with van der Waals surface area (Å²) in [7, 11) is -0.760. The largest absolute Gasteiger partial charge is 0.472 e. The van der Waals surface area contributed by atoms with Crippen LogP contribution in [0.2, 0.25) is 18.1 Å². The predicted molar refractivity (Wildman–Crippen MR) is 125 cm³/mol. The van der Waals surface area contributed by atoms with Gasteiger partial charge in [-0.1, -0.05) is 39.0 Å². The molecule has 0 saturated carbocycles. The Morgan fingerprint density at radius 2 is 1.88 bits per heavy atom. The van der Waals surface area contributed by atoms with E-state index >= 15 is 0 Å². The number of rotatable bonds is 6. The number of fused-ring (bicyclic) bond motifs is 1. The van der Waals surface area contributed by atoms with Crippen LogP contribution in [0.25, 0.3) is 6.08 Å². The Kier molecular flexibility index (Phi) is 6.76. The summed E-state index contributed by atoms with van der Waals surface area (Å²) in [6, 6.07) is 6.39. The zero-order valence-corrected chi connectivity index (χ0v) is 20.5. The summed E-state index contributed by atoms with van der Waals surface area (Å²) < 4.78 is 17.6. The second-order valence-corrected chi connectivity index (χ2v) is 14.5. The number of nitro groups is 1. The Bertz CT molecular complexity index is 971. The third kappa shape index (κ3) is 4.86. The first kappa shape index (κ1) is 23.9. The van der Waals surface area contributed by atoms with E-state index in [-0.39, 0.29) is 28.5 Å². The molecule has 0 amide bonds. The van der Waals surface area contributed by atoms with Gasteiger partial charge in [0.2, 0.25) is 0 Å². The van der Waals surface area contributed by atoms with Crippen LogP contribution in [0.4, 0.5) is 5.69 Å². The number of non-ortho nitro benzene ring substituents is 1. The third-order valence-corrected chi connectivity index (χ3v) is 11.1. The number of nitrogens with zero attached hydrogens (tertiary/aromatic N) is 1. The number of benzene rings is 1. The lowest BCUT2D eigenvalue weighted by Gasteiger charge is -2.43. The van der Waals surface area contributed by atoms with Gasteiger partial charge in [-0.2, -0.15) is 0 Å². The number of hydrogen-bond donors (Lipinski definition) is 0. The van der Waals surface area contributed by atoms with Crippen molar-refractivity contribution in [3.8, 4) is 0 Å². The van der Waals surface area contributed by atoms with Crippen molar-refractivity contribution in [3.05, 3.63) is 69.5 Å². The highest BCUT2D eigenvalue weighted by molar-refractivity contribution is 6.74. The fraction of sp³-hybridized carbons (Fsp3) is 0.458. The van der Waals surface area contributed by atoms with E-state index in [0.717, 1.165) is 11.1 Å². The first-order chi connectivity index (χ1) is 14.9. The van der Waals surface area contributed by atoms with Crippen molar-refractivity contribution in [2.24, 2.45) is 11.8 Å². The number of hydrogen-bond acceptors (Lipinski definition) is 6. The Labute approximate surface area is 190 Å². The summed E-state index contributed by atoms with van der Waals surface area (Å²) in [6.45, 7) is 10.9. The van der Waals surface area contributed by atoms with Crippen LogP contribution in [0, 0.1) is 22.0 Å². The van der Waals surface area contributed by atoms with Crippen LogP contribution in [0.3, 0.4) is 0 Å². The minimum absolute atomic E-state index is 0.00920. The summed E-state index contributed by atoms with van der Waals surface area (Å²) in [6.07, 6.45) is 7.69. The van der Waals surface area contributed by atoms with Gasteiger partial charge >= 0.3 is 5.97 Å². The number of allylic oxidation sites excluding steroid dienone is 2. The lowest BCUT2D eigenvalue weighted by Crippen LogP contribution is -2.48. The molecule has 0 saturated heterocycles. The van der Waals surface area contributed by atoms with Crippen molar-refractivity contribution in [2.75, 3.05) is 7.11 Å².